The highest BCUT2D eigenvalue weighted by atomic mass is 16.1. The van der Waals surface area contributed by atoms with Gasteiger partial charge in [-0.15, -0.1) is 0 Å². The normalized spacial score (nSPS) is 10.8. The van der Waals surface area contributed by atoms with Gasteiger partial charge in [-0.25, -0.2) is 4.98 Å². The number of benzene rings is 1. The van der Waals surface area contributed by atoms with Crippen molar-refractivity contribution in [3.05, 3.63) is 53.7 Å². The van der Waals surface area contributed by atoms with Crippen molar-refractivity contribution in [1.29, 1.82) is 0 Å². The first kappa shape index (κ1) is 13.3. The number of hydrogen-bond donors (Lipinski definition) is 1. The number of aromatic nitrogens is 3. The molecule has 0 spiro atoms. The summed E-state index contributed by atoms with van der Waals surface area (Å²) < 4.78 is 1.78. The van der Waals surface area contributed by atoms with Crippen LogP contribution in [0.4, 0.5) is 5.82 Å². The minimum absolute atomic E-state index is 0.0745. The second-order valence-corrected chi connectivity index (χ2v) is 4.98. The van der Waals surface area contributed by atoms with Crippen molar-refractivity contribution < 1.29 is 4.79 Å². The van der Waals surface area contributed by atoms with Gasteiger partial charge < -0.3 is 5.32 Å². The van der Waals surface area contributed by atoms with Crippen LogP contribution in [0.25, 0.3) is 11.0 Å². The van der Waals surface area contributed by atoms with Crippen molar-refractivity contribution in [2.75, 3.05) is 5.32 Å². The molecule has 5 heteroatoms. The Labute approximate surface area is 122 Å². The van der Waals surface area contributed by atoms with Crippen LogP contribution >= 0.6 is 0 Å². The van der Waals surface area contributed by atoms with Crippen LogP contribution < -0.4 is 5.32 Å². The summed E-state index contributed by atoms with van der Waals surface area (Å²) >= 11 is 0. The molecule has 5 nitrogen and oxygen atoms in total. The molecule has 0 bridgehead atoms. The average molecular weight is 280 g/mol. The largest absolute Gasteiger partial charge is 0.310 e. The molecule has 2 aromatic heterocycles. The number of carbonyl (C=O) groups excluding carboxylic acids is 1. The standard InChI is InChI=1S/C16H16N4O/c1-11-16-13(20(2)19-11)8-9-14(18-16)17-15(21)10-12-6-4-3-5-7-12/h3-9H,10H2,1-2H3,(H,17,18,21). The Bertz CT molecular complexity index is 793. The summed E-state index contributed by atoms with van der Waals surface area (Å²) in [4.78, 5) is 16.5. The average Bonchev–Trinajstić information content (AvgIpc) is 2.74. The van der Waals surface area contributed by atoms with Gasteiger partial charge in [0.15, 0.2) is 0 Å². The Hall–Kier alpha value is -2.69. The second-order valence-electron chi connectivity index (χ2n) is 4.98. The molecule has 0 unspecified atom stereocenters. The zero-order chi connectivity index (χ0) is 14.8. The third-order valence-electron chi connectivity index (χ3n) is 3.34. The molecule has 0 aliphatic rings. The quantitative estimate of drug-likeness (QED) is 0.801. The maximum absolute atomic E-state index is 12.0. The topological polar surface area (TPSA) is 59.8 Å². The van der Waals surface area contributed by atoms with Gasteiger partial charge >= 0.3 is 0 Å². The second kappa shape index (κ2) is 5.36. The third kappa shape index (κ3) is 2.76. The minimum Gasteiger partial charge on any atom is -0.310 e. The van der Waals surface area contributed by atoms with Crippen LogP contribution in [0.3, 0.4) is 0 Å². The third-order valence-corrected chi connectivity index (χ3v) is 3.34. The lowest BCUT2D eigenvalue weighted by atomic mass is 10.1. The molecular formula is C16H16N4O. The van der Waals surface area contributed by atoms with Gasteiger partial charge in [-0.3, -0.25) is 9.48 Å². The van der Waals surface area contributed by atoms with Crippen molar-refractivity contribution >= 4 is 22.8 Å². The van der Waals surface area contributed by atoms with E-state index in [1.807, 2.05) is 50.4 Å². The number of carbonyl (C=O) groups is 1. The van der Waals surface area contributed by atoms with Gasteiger partial charge in [-0.1, -0.05) is 30.3 Å². The van der Waals surface area contributed by atoms with E-state index in [1.165, 1.54) is 0 Å². The van der Waals surface area contributed by atoms with Gasteiger partial charge in [-0.2, -0.15) is 5.10 Å². The molecule has 1 amide bonds. The number of aryl methyl sites for hydroxylation is 2. The zero-order valence-corrected chi connectivity index (χ0v) is 12.0. The maximum Gasteiger partial charge on any atom is 0.229 e. The molecule has 3 aromatic rings. The molecule has 0 fully saturated rings. The molecule has 0 radical (unpaired) electrons. The van der Waals surface area contributed by atoms with E-state index in [2.05, 4.69) is 15.4 Å². The van der Waals surface area contributed by atoms with Crippen molar-refractivity contribution in [2.45, 2.75) is 13.3 Å². The molecule has 0 aliphatic carbocycles. The summed E-state index contributed by atoms with van der Waals surface area (Å²) in [6.45, 7) is 1.91. The van der Waals surface area contributed by atoms with Crippen LogP contribution in [-0.2, 0) is 18.3 Å². The number of pyridine rings is 1. The SMILES string of the molecule is Cc1nn(C)c2ccc(NC(=O)Cc3ccccc3)nc12. The van der Waals surface area contributed by atoms with E-state index < -0.39 is 0 Å². The molecule has 1 N–H and O–H groups in total. The summed E-state index contributed by atoms with van der Waals surface area (Å²) in [6, 6.07) is 13.4. The van der Waals surface area contributed by atoms with Crippen LogP contribution in [0.2, 0.25) is 0 Å². The highest BCUT2D eigenvalue weighted by Gasteiger charge is 2.09. The smallest absolute Gasteiger partial charge is 0.229 e. The molecule has 21 heavy (non-hydrogen) atoms. The van der Waals surface area contributed by atoms with E-state index >= 15 is 0 Å². The molecule has 0 saturated carbocycles. The molecular weight excluding hydrogens is 264 g/mol. The van der Waals surface area contributed by atoms with Gasteiger partial charge in [0.25, 0.3) is 0 Å². The molecule has 3 rings (SSSR count). The highest BCUT2D eigenvalue weighted by molar-refractivity contribution is 5.92. The minimum atomic E-state index is -0.0745. The van der Waals surface area contributed by atoms with Gasteiger partial charge in [0.2, 0.25) is 5.91 Å². The zero-order valence-electron chi connectivity index (χ0n) is 12.0. The van der Waals surface area contributed by atoms with E-state index in [9.17, 15) is 4.79 Å². The number of rotatable bonds is 3. The Balaban J connectivity index is 1.78. The Kier molecular flexibility index (Phi) is 3.39. The molecule has 0 saturated heterocycles. The molecule has 2 heterocycles. The van der Waals surface area contributed by atoms with Crippen LogP contribution in [0.15, 0.2) is 42.5 Å². The van der Waals surface area contributed by atoms with Gasteiger partial charge in [0.05, 0.1) is 17.6 Å². The lowest BCUT2D eigenvalue weighted by Gasteiger charge is -2.05. The van der Waals surface area contributed by atoms with Crippen LogP contribution in [-0.4, -0.2) is 20.7 Å². The van der Waals surface area contributed by atoms with E-state index in [1.54, 1.807) is 10.7 Å². The first-order chi connectivity index (χ1) is 10.1. The monoisotopic (exact) mass is 280 g/mol. The first-order valence-electron chi connectivity index (χ1n) is 6.77. The fraction of sp³-hybridized carbons (Fsp3) is 0.188. The summed E-state index contributed by atoms with van der Waals surface area (Å²) in [5.41, 5.74) is 3.60. The Morgan fingerprint density at radius 1 is 1.19 bits per heavy atom. The fourth-order valence-corrected chi connectivity index (χ4v) is 2.34. The predicted molar refractivity (Wildman–Crippen MR) is 82.0 cm³/mol. The first-order valence-corrected chi connectivity index (χ1v) is 6.77. The van der Waals surface area contributed by atoms with E-state index in [-0.39, 0.29) is 5.91 Å². The maximum atomic E-state index is 12.0. The summed E-state index contributed by atoms with van der Waals surface area (Å²) in [7, 11) is 1.88. The summed E-state index contributed by atoms with van der Waals surface area (Å²) in [6.07, 6.45) is 0.340. The van der Waals surface area contributed by atoms with Gasteiger partial charge in [0.1, 0.15) is 11.3 Å². The van der Waals surface area contributed by atoms with Crippen molar-refractivity contribution in [3.63, 3.8) is 0 Å². The van der Waals surface area contributed by atoms with Gasteiger partial charge in [-0.05, 0) is 24.6 Å². The molecule has 106 valence electrons. The molecule has 0 aliphatic heterocycles. The predicted octanol–water partition coefficient (Wildman–Crippen LogP) is 2.46. The van der Waals surface area contributed by atoms with Crippen molar-refractivity contribution in [1.82, 2.24) is 14.8 Å². The number of nitrogens with zero attached hydrogens (tertiary/aromatic N) is 3. The van der Waals surface area contributed by atoms with Crippen LogP contribution in [0.1, 0.15) is 11.3 Å². The highest BCUT2D eigenvalue weighted by Crippen LogP contribution is 2.17. The number of fused-ring (bicyclic) bond motifs is 1. The van der Waals surface area contributed by atoms with E-state index in [4.69, 9.17) is 0 Å². The Morgan fingerprint density at radius 3 is 2.71 bits per heavy atom. The van der Waals surface area contributed by atoms with E-state index in [0.717, 1.165) is 22.3 Å². The molecule has 1 aromatic carbocycles. The fourth-order valence-electron chi connectivity index (χ4n) is 2.34. The summed E-state index contributed by atoms with van der Waals surface area (Å²) in [5, 5.41) is 7.15. The van der Waals surface area contributed by atoms with Gasteiger partial charge in [0, 0.05) is 7.05 Å². The number of anilines is 1. The number of nitrogens with one attached hydrogen (secondary N) is 1. The van der Waals surface area contributed by atoms with Crippen LogP contribution in [0.5, 0.6) is 0 Å². The number of hydrogen-bond acceptors (Lipinski definition) is 3. The summed E-state index contributed by atoms with van der Waals surface area (Å²) in [5.74, 6) is 0.481. The lowest BCUT2D eigenvalue weighted by Crippen LogP contribution is -2.15. The van der Waals surface area contributed by atoms with Crippen molar-refractivity contribution in [2.24, 2.45) is 7.05 Å². The van der Waals surface area contributed by atoms with Crippen LogP contribution in [0, 0.1) is 6.92 Å². The van der Waals surface area contributed by atoms with Crippen molar-refractivity contribution in [3.8, 4) is 0 Å². The molecule has 0 atom stereocenters. The Morgan fingerprint density at radius 2 is 1.95 bits per heavy atom. The van der Waals surface area contributed by atoms with E-state index in [0.29, 0.717) is 12.2 Å². The number of amides is 1. The lowest BCUT2D eigenvalue weighted by molar-refractivity contribution is -0.115.